The van der Waals surface area contributed by atoms with Gasteiger partial charge in [0, 0.05) is 23.2 Å². The fraction of sp³-hybridized carbons (Fsp3) is 0.900. The second-order valence-corrected chi connectivity index (χ2v) is 9.51. The van der Waals surface area contributed by atoms with Crippen LogP contribution in [0.3, 0.4) is 0 Å². The summed E-state index contributed by atoms with van der Waals surface area (Å²) in [6, 6.07) is 0.517. The fourth-order valence-electron chi connectivity index (χ4n) is 3.81. The summed E-state index contributed by atoms with van der Waals surface area (Å²) in [6.45, 7) is 18.5. The van der Waals surface area contributed by atoms with Gasteiger partial charge in [-0.25, -0.2) is 4.68 Å². The zero-order valence-corrected chi connectivity index (χ0v) is 17.8. The molecule has 0 saturated carbocycles. The van der Waals surface area contributed by atoms with Crippen LogP contribution in [-0.4, -0.2) is 33.1 Å². The third-order valence-electron chi connectivity index (χ3n) is 4.85. The zero-order valence-electron chi connectivity index (χ0n) is 17.8. The molecular formula is C20H41N5. The summed E-state index contributed by atoms with van der Waals surface area (Å²) in [7, 11) is 0. The molecule has 25 heavy (non-hydrogen) atoms. The third-order valence-corrected chi connectivity index (χ3v) is 4.85. The van der Waals surface area contributed by atoms with E-state index in [0.717, 1.165) is 25.1 Å². The predicted octanol–water partition coefficient (Wildman–Crippen LogP) is 3.98. The molecule has 1 unspecified atom stereocenters. The first-order chi connectivity index (χ1) is 11.4. The summed E-state index contributed by atoms with van der Waals surface area (Å²) >= 11 is 0. The molecule has 0 radical (unpaired) electrons. The number of nitrogens with one attached hydrogen (secondary N) is 1. The summed E-state index contributed by atoms with van der Waals surface area (Å²) in [5.41, 5.74) is 6.88. The highest BCUT2D eigenvalue weighted by molar-refractivity contribution is 5.11. The van der Waals surface area contributed by atoms with E-state index in [1.807, 2.05) is 4.68 Å². The van der Waals surface area contributed by atoms with Gasteiger partial charge in [-0.2, -0.15) is 0 Å². The van der Waals surface area contributed by atoms with E-state index in [0.29, 0.717) is 6.04 Å². The van der Waals surface area contributed by atoms with E-state index in [1.165, 1.54) is 19.3 Å². The molecule has 146 valence electrons. The first-order valence-corrected chi connectivity index (χ1v) is 9.87. The van der Waals surface area contributed by atoms with Crippen molar-refractivity contribution in [2.45, 2.75) is 110 Å². The molecule has 1 rings (SSSR count). The van der Waals surface area contributed by atoms with Gasteiger partial charge in [0.05, 0.1) is 11.2 Å². The Labute approximate surface area is 155 Å². The molecule has 0 aliphatic heterocycles. The smallest absolute Gasteiger partial charge is 0.0884 e. The van der Waals surface area contributed by atoms with Gasteiger partial charge in [-0.15, -0.1) is 5.10 Å². The topological polar surface area (TPSA) is 68.8 Å². The quantitative estimate of drug-likeness (QED) is 0.633. The Balaban J connectivity index is 2.90. The lowest BCUT2D eigenvalue weighted by Crippen LogP contribution is -2.39. The first-order valence-electron chi connectivity index (χ1n) is 9.87. The lowest BCUT2D eigenvalue weighted by atomic mass is 9.78. The molecule has 0 bridgehead atoms. The Kier molecular flexibility index (Phi) is 7.63. The van der Waals surface area contributed by atoms with E-state index in [4.69, 9.17) is 5.73 Å². The normalized spacial score (nSPS) is 14.8. The number of unbranched alkanes of at least 4 members (excludes halogenated alkanes) is 1. The molecule has 1 aromatic rings. The van der Waals surface area contributed by atoms with Crippen molar-refractivity contribution in [1.29, 1.82) is 0 Å². The van der Waals surface area contributed by atoms with Crippen LogP contribution in [0.5, 0.6) is 0 Å². The zero-order chi connectivity index (χ0) is 19.3. The molecule has 0 aliphatic rings. The van der Waals surface area contributed by atoms with Gasteiger partial charge < -0.3 is 11.1 Å². The van der Waals surface area contributed by atoms with Gasteiger partial charge in [-0.1, -0.05) is 45.7 Å². The van der Waals surface area contributed by atoms with Crippen molar-refractivity contribution < 1.29 is 0 Å². The van der Waals surface area contributed by atoms with Crippen molar-refractivity contribution in [3.05, 3.63) is 11.9 Å². The summed E-state index contributed by atoms with van der Waals surface area (Å²) in [5, 5.41) is 12.6. The van der Waals surface area contributed by atoms with Crippen LogP contribution in [0.15, 0.2) is 6.20 Å². The molecule has 1 aromatic heterocycles. The summed E-state index contributed by atoms with van der Waals surface area (Å²) in [6.07, 6.45) is 7.74. The maximum Gasteiger partial charge on any atom is 0.0884 e. The SMILES string of the molecule is CCCCC(CC(C)(C)n1cc(C(C)(C)CC(C)(C)N)nn1)NCC. The molecular weight excluding hydrogens is 310 g/mol. The summed E-state index contributed by atoms with van der Waals surface area (Å²) < 4.78 is 2.05. The number of nitrogens with zero attached hydrogens (tertiary/aromatic N) is 3. The molecule has 1 heterocycles. The van der Waals surface area contributed by atoms with Crippen molar-refractivity contribution in [2.75, 3.05) is 6.54 Å². The van der Waals surface area contributed by atoms with Crippen LogP contribution in [-0.2, 0) is 11.0 Å². The van der Waals surface area contributed by atoms with Gasteiger partial charge in [0.15, 0.2) is 0 Å². The van der Waals surface area contributed by atoms with E-state index < -0.39 is 0 Å². The molecule has 5 heteroatoms. The van der Waals surface area contributed by atoms with Gasteiger partial charge in [0.25, 0.3) is 0 Å². The molecule has 5 nitrogen and oxygen atoms in total. The van der Waals surface area contributed by atoms with E-state index in [1.54, 1.807) is 0 Å². The molecule has 0 spiro atoms. The highest BCUT2D eigenvalue weighted by atomic mass is 15.4. The van der Waals surface area contributed by atoms with Crippen LogP contribution in [0, 0.1) is 0 Å². The van der Waals surface area contributed by atoms with Gasteiger partial charge in [0.2, 0.25) is 0 Å². The Bertz CT molecular complexity index is 510. The monoisotopic (exact) mass is 351 g/mol. The maximum absolute atomic E-state index is 6.23. The number of rotatable bonds is 11. The Morgan fingerprint density at radius 3 is 2.32 bits per heavy atom. The highest BCUT2D eigenvalue weighted by Crippen LogP contribution is 2.31. The number of nitrogens with two attached hydrogens (primary N) is 1. The number of aromatic nitrogens is 3. The average Bonchev–Trinajstić information content (AvgIpc) is 2.93. The minimum atomic E-state index is -0.223. The van der Waals surface area contributed by atoms with Crippen molar-refractivity contribution in [3.8, 4) is 0 Å². The largest absolute Gasteiger partial charge is 0.326 e. The molecule has 0 fully saturated rings. The van der Waals surface area contributed by atoms with E-state index in [-0.39, 0.29) is 16.5 Å². The highest BCUT2D eigenvalue weighted by Gasteiger charge is 2.32. The molecule has 0 amide bonds. The van der Waals surface area contributed by atoms with Crippen molar-refractivity contribution in [1.82, 2.24) is 20.3 Å². The van der Waals surface area contributed by atoms with Gasteiger partial charge in [0.1, 0.15) is 0 Å². The van der Waals surface area contributed by atoms with E-state index in [9.17, 15) is 0 Å². The van der Waals surface area contributed by atoms with Crippen LogP contribution in [0.4, 0.5) is 0 Å². The van der Waals surface area contributed by atoms with Crippen LogP contribution in [0.25, 0.3) is 0 Å². The van der Waals surface area contributed by atoms with Gasteiger partial charge in [-0.05, 0) is 53.5 Å². The van der Waals surface area contributed by atoms with Gasteiger partial charge in [-0.3, -0.25) is 0 Å². The minimum absolute atomic E-state index is 0.0693. The second-order valence-electron chi connectivity index (χ2n) is 9.51. The van der Waals surface area contributed by atoms with Crippen molar-refractivity contribution in [2.24, 2.45) is 5.73 Å². The van der Waals surface area contributed by atoms with Crippen LogP contribution >= 0.6 is 0 Å². The molecule has 3 N–H and O–H groups in total. The minimum Gasteiger partial charge on any atom is -0.326 e. The third kappa shape index (κ3) is 7.06. The maximum atomic E-state index is 6.23. The van der Waals surface area contributed by atoms with Crippen molar-refractivity contribution >= 4 is 0 Å². The molecule has 0 aliphatic carbocycles. The fourth-order valence-corrected chi connectivity index (χ4v) is 3.81. The Hall–Kier alpha value is -0.940. The first kappa shape index (κ1) is 22.1. The van der Waals surface area contributed by atoms with Gasteiger partial charge >= 0.3 is 0 Å². The lowest BCUT2D eigenvalue weighted by Gasteiger charge is -2.31. The number of hydrogen-bond acceptors (Lipinski definition) is 4. The molecule has 0 aromatic carbocycles. The van der Waals surface area contributed by atoms with Crippen molar-refractivity contribution in [3.63, 3.8) is 0 Å². The van der Waals surface area contributed by atoms with Crippen LogP contribution in [0.2, 0.25) is 0 Å². The van der Waals surface area contributed by atoms with E-state index >= 15 is 0 Å². The lowest BCUT2D eigenvalue weighted by molar-refractivity contribution is 0.243. The van der Waals surface area contributed by atoms with Crippen LogP contribution in [0.1, 0.15) is 93.2 Å². The Morgan fingerprint density at radius 1 is 1.16 bits per heavy atom. The number of hydrogen-bond donors (Lipinski definition) is 2. The second kappa shape index (κ2) is 8.63. The van der Waals surface area contributed by atoms with E-state index in [2.05, 4.69) is 77.2 Å². The van der Waals surface area contributed by atoms with Crippen LogP contribution < -0.4 is 11.1 Å². The molecule has 1 atom stereocenters. The molecule has 0 saturated heterocycles. The predicted molar refractivity (Wildman–Crippen MR) is 107 cm³/mol. The standard InChI is InChI=1S/C20H41N5/c1-9-11-12-16(22-10-2)13-20(7,8)25-14-17(23-24-25)18(3,4)15-19(5,6)21/h14,16,22H,9-13,15,21H2,1-8H3. The summed E-state index contributed by atoms with van der Waals surface area (Å²) in [5.74, 6) is 0. The Morgan fingerprint density at radius 2 is 1.80 bits per heavy atom. The average molecular weight is 352 g/mol. The summed E-state index contributed by atoms with van der Waals surface area (Å²) in [4.78, 5) is 0.